The fourth-order valence-electron chi connectivity index (χ4n) is 5.04. The van der Waals surface area contributed by atoms with E-state index in [0.29, 0.717) is 49.8 Å². The van der Waals surface area contributed by atoms with Crippen LogP contribution in [0.1, 0.15) is 24.1 Å². The van der Waals surface area contributed by atoms with Crippen LogP contribution in [0.4, 0.5) is 18.9 Å². The summed E-state index contributed by atoms with van der Waals surface area (Å²) >= 11 is 12.3. The van der Waals surface area contributed by atoms with E-state index in [1.54, 1.807) is 6.92 Å². The fourth-order valence-corrected chi connectivity index (χ4v) is 5.35. The van der Waals surface area contributed by atoms with Gasteiger partial charge in [0.05, 0.1) is 40.6 Å². The van der Waals surface area contributed by atoms with Crippen LogP contribution < -0.4 is 15.0 Å². The number of nitrogens with one attached hydrogen (secondary N) is 1. The Bertz CT molecular complexity index is 1450. The molecule has 0 aromatic heterocycles. The zero-order chi connectivity index (χ0) is 30.0. The largest absolute Gasteiger partial charge is 0.482 e. The molecule has 2 amide bonds. The summed E-state index contributed by atoms with van der Waals surface area (Å²) < 4.78 is 49.9. The quantitative estimate of drug-likeness (QED) is 0.351. The van der Waals surface area contributed by atoms with Gasteiger partial charge in [0.25, 0.3) is 5.91 Å². The number of hydrogen-bond donors (Lipinski definition) is 1. The Balaban J connectivity index is 1.38. The van der Waals surface area contributed by atoms with Crippen LogP contribution in [0.3, 0.4) is 0 Å². The summed E-state index contributed by atoms with van der Waals surface area (Å²) in [5.41, 5.74) is 1.83. The molecule has 5 rings (SSSR count). The van der Waals surface area contributed by atoms with Crippen molar-refractivity contribution in [2.75, 3.05) is 44.4 Å². The second-order valence-corrected chi connectivity index (χ2v) is 10.9. The summed E-state index contributed by atoms with van der Waals surface area (Å²) in [5, 5.41) is 3.60. The van der Waals surface area contributed by atoms with E-state index in [-0.39, 0.29) is 22.6 Å². The summed E-state index contributed by atoms with van der Waals surface area (Å²) in [6, 6.07) is 14.0. The monoisotopic (exact) mass is 621 g/mol. The van der Waals surface area contributed by atoms with Crippen molar-refractivity contribution in [2.24, 2.45) is 0 Å². The number of morpholine rings is 1. The minimum absolute atomic E-state index is 0.227. The van der Waals surface area contributed by atoms with Gasteiger partial charge in [0.1, 0.15) is 11.8 Å². The maximum atomic E-state index is 13.6. The van der Waals surface area contributed by atoms with Crippen molar-refractivity contribution < 1.29 is 32.2 Å². The summed E-state index contributed by atoms with van der Waals surface area (Å²) in [6.07, 6.45) is -4.41. The number of carbonyl (C=O) groups excluding carboxylic acids is 2. The molecule has 2 unspecified atom stereocenters. The van der Waals surface area contributed by atoms with Gasteiger partial charge in [-0.2, -0.15) is 13.2 Å². The van der Waals surface area contributed by atoms with Crippen LogP contribution in [0.25, 0.3) is 11.1 Å². The number of hydrogen-bond acceptors (Lipinski definition) is 5. The van der Waals surface area contributed by atoms with Crippen molar-refractivity contribution in [2.45, 2.75) is 25.2 Å². The number of halogens is 5. The zero-order valence-electron chi connectivity index (χ0n) is 22.6. The Kier molecular flexibility index (Phi) is 8.98. The maximum absolute atomic E-state index is 13.6. The molecule has 2 aliphatic heterocycles. The van der Waals surface area contributed by atoms with Gasteiger partial charge in [0, 0.05) is 25.7 Å². The lowest BCUT2D eigenvalue weighted by molar-refractivity contribution is -0.137. The Hall–Kier alpha value is -3.31. The van der Waals surface area contributed by atoms with Crippen molar-refractivity contribution in [3.8, 4) is 16.9 Å². The third-order valence-electron chi connectivity index (χ3n) is 7.37. The van der Waals surface area contributed by atoms with E-state index in [1.807, 2.05) is 24.3 Å². The maximum Gasteiger partial charge on any atom is 0.416 e. The molecule has 0 saturated carbocycles. The molecule has 2 aliphatic rings. The van der Waals surface area contributed by atoms with Crippen LogP contribution in [-0.4, -0.2) is 62.2 Å². The summed E-state index contributed by atoms with van der Waals surface area (Å²) in [4.78, 5) is 30.1. The molecule has 1 N–H and O–H groups in total. The summed E-state index contributed by atoms with van der Waals surface area (Å²) in [7, 11) is 0. The summed E-state index contributed by atoms with van der Waals surface area (Å²) in [5.74, 6) is -0.422. The number of anilines is 1. The van der Waals surface area contributed by atoms with Gasteiger partial charge in [-0.05, 0) is 41.8 Å². The minimum Gasteiger partial charge on any atom is -0.482 e. The van der Waals surface area contributed by atoms with E-state index in [1.165, 1.54) is 29.2 Å². The van der Waals surface area contributed by atoms with Crippen LogP contribution >= 0.6 is 23.2 Å². The van der Waals surface area contributed by atoms with Gasteiger partial charge in [-0.15, -0.1) is 0 Å². The van der Waals surface area contributed by atoms with Gasteiger partial charge in [-0.3, -0.25) is 19.4 Å². The molecule has 1 saturated heterocycles. The number of rotatable bonds is 7. The van der Waals surface area contributed by atoms with Crippen molar-refractivity contribution >= 4 is 40.7 Å². The van der Waals surface area contributed by atoms with Gasteiger partial charge in [-0.25, -0.2) is 0 Å². The lowest BCUT2D eigenvalue weighted by atomic mass is 9.99. The third kappa shape index (κ3) is 6.67. The van der Waals surface area contributed by atoms with Crippen LogP contribution in [0.2, 0.25) is 10.0 Å². The molecule has 2 heterocycles. The normalized spacial score (nSPS) is 17.3. The second kappa shape index (κ2) is 12.5. The number of nitrogens with zero attached hydrogens (tertiary/aromatic N) is 2. The third-order valence-corrected chi connectivity index (χ3v) is 8.09. The molecule has 0 bridgehead atoms. The van der Waals surface area contributed by atoms with Crippen LogP contribution in [0.15, 0.2) is 60.7 Å². The molecular formula is C30H28Cl2F3N3O4. The van der Waals surface area contributed by atoms with E-state index >= 15 is 0 Å². The van der Waals surface area contributed by atoms with Gasteiger partial charge in [0.15, 0.2) is 6.61 Å². The first-order valence-electron chi connectivity index (χ1n) is 13.3. The Morgan fingerprint density at radius 3 is 2.19 bits per heavy atom. The van der Waals surface area contributed by atoms with Crippen molar-refractivity contribution in [3.63, 3.8) is 0 Å². The molecule has 2 atom stereocenters. The molecule has 222 valence electrons. The number of benzene rings is 3. The van der Waals surface area contributed by atoms with Gasteiger partial charge < -0.3 is 14.8 Å². The predicted molar refractivity (Wildman–Crippen MR) is 154 cm³/mol. The van der Waals surface area contributed by atoms with E-state index in [2.05, 4.69) is 10.2 Å². The average Bonchev–Trinajstić information content (AvgIpc) is 2.97. The molecule has 0 radical (unpaired) electrons. The zero-order valence-corrected chi connectivity index (χ0v) is 24.1. The molecule has 3 aromatic carbocycles. The highest BCUT2D eigenvalue weighted by atomic mass is 35.5. The van der Waals surface area contributed by atoms with Crippen molar-refractivity contribution in [1.82, 2.24) is 10.2 Å². The highest BCUT2D eigenvalue weighted by molar-refractivity contribution is 6.42. The highest BCUT2D eigenvalue weighted by Crippen LogP contribution is 2.40. The first-order valence-corrected chi connectivity index (χ1v) is 14.1. The molecular weight excluding hydrogens is 594 g/mol. The van der Waals surface area contributed by atoms with Crippen LogP contribution in [-0.2, 0) is 20.5 Å². The Labute approximate surface area is 251 Å². The number of amides is 2. The first-order chi connectivity index (χ1) is 20.0. The Morgan fingerprint density at radius 2 is 1.57 bits per heavy atom. The van der Waals surface area contributed by atoms with E-state index < -0.39 is 29.7 Å². The van der Waals surface area contributed by atoms with Gasteiger partial charge in [0.2, 0.25) is 5.91 Å². The van der Waals surface area contributed by atoms with E-state index in [9.17, 15) is 22.8 Å². The standard InChI is InChI=1S/C30H28Cl2F3N3O4/c1-18(38-26-14-23(31)24(32)15-27(26)42-17-28(38)39)29(40)36-25(16-37-10-12-41-13-11-37)21-4-2-19(3-5-21)20-6-8-22(9-7-20)30(33,34)35/h2-9,14-15,18,25H,10-13,16-17H2,1H3,(H,36,40). The molecule has 0 aliphatic carbocycles. The number of ether oxygens (including phenoxy) is 2. The highest BCUT2D eigenvalue weighted by Gasteiger charge is 2.35. The van der Waals surface area contributed by atoms with Crippen LogP contribution in [0.5, 0.6) is 5.75 Å². The minimum atomic E-state index is -4.41. The van der Waals surface area contributed by atoms with Gasteiger partial charge >= 0.3 is 6.18 Å². The number of alkyl halides is 3. The molecule has 12 heteroatoms. The van der Waals surface area contributed by atoms with Crippen LogP contribution in [0, 0.1) is 0 Å². The van der Waals surface area contributed by atoms with Gasteiger partial charge in [-0.1, -0.05) is 59.6 Å². The number of fused-ring (bicyclic) bond motifs is 1. The fraction of sp³-hybridized carbons (Fsp3) is 0.333. The topological polar surface area (TPSA) is 71.1 Å². The molecule has 3 aromatic rings. The van der Waals surface area contributed by atoms with Crippen molar-refractivity contribution in [1.29, 1.82) is 0 Å². The Morgan fingerprint density at radius 1 is 0.976 bits per heavy atom. The molecule has 0 spiro atoms. The SMILES string of the molecule is CC(C(=O)NC(CN1CCOCC1)c1ccc(-c2ccc(C(F)(F)F)cc2)cc1)N1C(=O)COc2cc(Cl)c(Cl)cc21. The smallest absolute Gasteiger partial charge is 0.416 e. The molecule has 1 fully saturated rings. The van der Waals surface area contributed by atoms with E-state index in [0.717, 1.165) is 23.3 Å². The lowest BCUT2D eigenvalue weighted by Gasteiger charge is -2.35. The average molecular weight is 622 g/mol. The lowest BCUT2D eigenvalue weighted by Crippen LogP contribution is -2.53. The number of carbonyl (C=O) groups is 2. The van der Waals surface area contributed by atoms with Crippen molar-refractivity contribution in [3.05, 3.63) is 81.8 Å². The second-order valence-electron chi connectivity index (χ2n) is 10.1. The first kappa shape index (κ1) is 30.2. The summed E-state index contributed by atoms with van der Waals surface area (Å²) in [6.45, 7) is 4.42. The molecule has 7 nitrogen and oxygen atoms in total. The molecule has 42 heavy (non-hydrogen) atoms. The predicted octanol–water partition coefficient (Wildman–Crippen LogP) is 5.98. The van der Waals surface area contributed by atoms with E-state index in [4.69, 9.17) is 32.7 Å².